The fraction of sp³-hybridized carbons (Fsp3) is 0.286. The molecule has 0 unspecified atom stereocenters. The van der Waals surface area contributed by atoms with Gasteiger partial charge in [0.25, 0.3) is 0 Å². The number of nitrogens with two attached hydrogens (primary N) is 1. The molecule has 0 radical (unpaired) electrons. The van der Waals surface area contributed by atoms with Gasteiger partial charge in [0, 0.05) is 23.4 Å². The Kier molecular flexibility index (Phi) is 5.16. The molecule has 108 valence electrons. The summed E-state index contributed by atoms with van der Waals surface area (Å²) in [4.78, 5) is 10.8. The Morgan fingerprint density at radius 3 is 2.45 bits per heavy atom. The SMILES string of the molecule is Cc1nn(CC(=O)O)c(C)c1Cc1ccc(N)cc1.Cl. The minimum absolute atomic E-state index is 0. The summed E-state index contributed by atoms with van der Waals surface area (Å²) in [6, 6.07) is 7.68. The van der Waals surface area contributed by atoms with Crippen LogP contribution in [0.5, 0.6) is 0 Å². The van der Waals surface area contributed by atoms with Crippen molar-refractivity contribution in [3.05, 3.63) is 46.8 Å². The molecule has 1 aromatic carbocycles. The zero-order valence-electron chi connectivity index (χ0n) is 11.5. The van der Waals surface area contributed by atoms with Gasteiger partial charge in [-0.3, -0.25) is 9.48 Å². The summed E-state index contributed by atoms with van der Waals surface area (Å²) in [7, 11) is 0. The molecule has 0 saturated heterocycles. The van der Waals surface area contributed by atoms with Gasteiger partial charge in [-0.1, -0.05) is 12.1 Å². The number of carbonyl (C=O) groups is 1. The minimum atomic E-state index is -0.885. The second-order valence-electron chi connectivity index (χ2n) is 4.62. The van der Waals surface area contributed by atoms with Crippen LogP contribution in [0.3, 0.4) is 0 Å². The van der Waals surface area contributed by atoms with Crippen molar-refractivity contribution in [2.24, 2.45) is 0 Å². The van der Waals surface area contributed by atoms with Crippen molar-refractivity contribution in [3.8, 4) is 0 Å². The second-order valence-corrected chi connectivity index (χ2v) is 4.62. The molecule has 0 atom stereocenters. The first-order valence-corrected chi connectivity index (χ1v) is 6.06. The van der Waals surface area contributed by atoms with Crippen LogP contribution in [0.1, 0.15) is 22.5 Å². The molecule has 2 rings (SSSR count). The Morgan fingerprint density at radius 2 is 1.90 bits per heavy atom. The topological polar surface area (TPSA) is 81.1 Å². The van der Waals surface area contributed by atoms with Gasteiger partial charge >= 0.3 is 5.97 Å². The number of rotatable bonds is 4. The van der Waals surface area contributed by atoms with Crippen LogP contribution in [0.2, 0.25) is 0 Å². The number of carboxylic acid groups (broad SMARTS) is 1. The minimum Gasteiger partial charge on any atom is -0.480 e. The van der Waals surface area contributed by atoms with Gasteiger partial charge in [0.1, 0.15) is 6.54 Å². The molecule has 0 bridgehead atoms. The number of nitrogens with zero attached hydrogens (tertiary/aromatic N) is 2. The van der Waals surface area contributed by atoms with Crippen LogP contribution in [0.4, 0.5) is 5.69 Å². The zero-order chi connectivity index (χ0) is 14.0. The Hall–Kier alpha value is -2.01. The molecule has 0 spiro atoms. The molecule has 3 N–H and O–H groups in total. The Bertz CT molecular complexity index is 606. The van der Waals surface area contributed by atoms with Crippen LogP contribution in [-0.4, -0.2) is 20.9 Å². The molecule has 0 saturated carbocycles. The van der Waals surface area contributed by atoms with Crippen LogP contribution >= 0.6 is 12.4 Å². The van der Waals surface area contributed by atoms with Crippen LogP contribution < -0.4 is 5.73 Å². The number of benzene rings is 1. The molecule has 6 heteroatoms. The number of anilines is 1. The Balaban J connectivity index is 0.00000200. The van der Waals surface area contributed by atoms with Crippen molar-refractivity contribution < 1.29 is 9.90 Å². The van der Waals surface area contributed by atoms with E-state index in [0.29, 0.717) is 0 Å². The van der Waals surface area contributed by atoms with E-state index in [-0.39, 0.29) is 19.0 Å². The van der Waals surface area contributed by atoms with Crippen molar-refractivity contribution in [2.75, 3.05) is 5.73 Å². The predicted octanol–water partition coefficient (Wildman–Crippen LogP) is 2.18. The van der Waals surface area contributed by atoms with Crippen molar-refractivity contribution in [1.82, 2.24) is 9.78 Å². The van der Waals surface area contributed by atoms with E-state index >= 15 is 0 Å². The fourth-order valence-electron chi connectivity index (χ4n) is 2.11. The molecule has 2 aromatic rings. The normalized spacial score (nSPS) is 10.1. The predicted molar refractivity (Wildman–Crippen MR) is 80.2 cm³/mol. The molecule has 0 aliphatic rings. The molecule has 0 aliphatic carbocycles. The van der Waals surface area contributed by atoms with E-state index < -0.39 is 5.97 Å². The van der Waals surface area contributed by atoms with Gasteiger partial charge in [0.2, 0.25) is 0 Å². The monoisotopic (exact) mass is 295 g/mol. The van der Waals surface area contributed by atoms with Gasteiger partial charge in [-0.2, -0.15) is 5.10 Å². The van der Waals surface area contributed by atoms with Crippen molar-refractivity contribution in [3.63, 3.8) is 0 Å². The maximum Gasteiger partial charge on any atom is 0.325 e. The average Bonchev–Trinajstić information content (AvgIpc) is 2.59. The lowest BCUT2D eigenvalue weighted by molar-refractivity contribution is -0.137. The first-order chi connectivity index (χ1) is 8.97. The van der Waals surface area contributed by atoms with Gasteiger partial charge in [0.05, 0.1) is 5.69 Å². The maximum atomic E-state index is 10.8. The standard InChI is InChI=1S/C14H17N3O2.ClH/c1-9-13(7-11-3-5-12(15)6-4-11)10(2)17(16-9)8-14(18)19;/h3-6H,7-8,15H2,1-2H3,(H,18,19);1H. The van der Waals surface area contributed by atoms with Crippen molar-refractivity contribution in [1.29, 1.82) is 0 Å². The first-order valence-electron chi connectivity index (χ1n) is 6.06. The third kappa shape index (κ3) is 3.51. The Labute approximate surface area is 123 Å². The zero-order valence-corrected chi connectivity index (χ0v) is 12.3. The van der Waals surface area contributed by atoms with E-state index in [2.05, 4.69) is 5.10 Å². The van der Waals surface area contributed by atoms with Crippen molar-refractivity contribution in [2.45, 2.75) is 26.8 Å². The van der Waals surface area contributed by atoms with Gasteiger partial charge in [-0.25, -0.2) is 0 Å². The third-order valence-corrected chi connectivity index (χ3v) is 3.18. The Morgan fingerprint density at radius 1 is 1.30 bits per heavy atom. The maximum absolute atomic E-state index is 10.8. The first kappa shape index (κ1) is 16.0. The highest BCUT2D eigenvalue weighted by molar-refractivity contribution is 5.85. The highest BCUT2D eigenvalue weighted by atomic mass is 35.5. The summed E-state index contributed by atoms with van der Waals surface area (Å²) in [5.74, 6) is -0.885. The second kappa shape index (κ2) is 6.43. The third-order valence-electron chi connectivity index (χ3n) is 3.18. The molecule has 5 nitrogen and oxygen atoms in total. The number of carboxylic acids is 1. The number of aliphatic carboxylic acids is 1. The molecular formula is C14H18ClN3O2. The van der Waals surface area contributed by atoms with E-state index in [0.717, 1.165) is 34.6 Å². The summed E-state index contributed by atoms with van der Waals surface area (Å²) in [5, 5.41) is 13.1. The largest absolute Gasteiger partial charge is 0.480 e. The lowest BCUT2D eigenvalue weighted by Gasteiger charge is -2.04. The van der Waals surface area contributed by atoms with E-state index in [1.807, 2.05) is 38.1 Å². The average molecular weight is 296 g/mol. The smallest absolute Gasteiger partial charge is 0.325 e. The number of hydrogen-bond acceptors (Lipinski definition) is 3. The molecule has 20 heavy (non-hydrogen) atoms. The van der Waals surface area contributed by atoms with Crippen LogP contribution in [-0.2, 0) is 17.8 Å². The van der Waals surface area contributed by atoms with Crippen LogP contribution in [0, 0.1) is 13.8 Å². The summed E-state index contributed by atoms with van der Waals surface area (Å²) in [6.45, 7) is 3.70. The number of nitrogen functional groups attached to an aromatic ring is 1. The quantitative estimate of drug-likeness (QED) is 0.847. The molecule has 1 heterocycles. The van der Waals surface area contributed by atoms with E-state index in [4.69, 9.17) is 10.8 Å². The summed E-state index contributed by atoms with van der Waals surface area (Å²) in [6.07, 6.45) is 0.734. The molecule has 0 fully saturated rings. The summed E-state index contributed by atoms with van der Waals surface area (Å²) >= 11 is 0. The van der Waals surface area contributed by atoms with Gasteiger partial charge in [-0.15, -0.1) is 12.4 Å². The molecule has 0 amide bonds. The highest BCUT2D eigenvalue weighted by Crippen LogP contribution is 2.18. The molecule has 0 aliphatic heterocycles. The van der Waals surface area contributed by atoms with Gasteiger partial charge in [0.15, 0.2) is 0 Å². The summed E-state index contributed by atoms with van der Waals surface area (Å²) < 4.78 is 1.53. The van der Waals surface area contributed by atoms with Gasteiger partial charge < -0.3 is 10.8 Å². The lowest BCUT2D eigenvalue weighted by Crippen LogP contribution is -2.11. The van der Waals surface area contributed by atoms with E-state index in [9.17, 15) is 4.79 Å². The lowest BCUT2D eigenvalue weighted by atomic mass is 10.0. The molecular weight excluding hydrogens is 278 g/mol. The van der Waals surface area contributed by atoms with E-state index in [1.54, 1.807) is 0 Å². The van der Waals surface area contributed by atoms with Crippen molar-refractivity contribution >= 4 is 24.1 Å². The molecule has 1 aromatic heterocycles. The van der Waals surface area contributed by atoms with Gasteiger partial charge in [-0.05, 0) is 31.5 Å². The summed E-state index contributed by atoms with van der Waals surface area (Å²) in [5.41, 5.74) is 10.4. The highest BCUT2D eigenvalue weighted by Gasteiger charge is 2.13. The number of halogens is 1. The number of aromatic nitrogens is 2. The van der Waals surface area contributed by atoms with Crippen LogP contribution in [0.25, 0.3) is 0 Å². The van der Waals surface area contributed by atoms with E-state index in [1.165, 1.54) is 4.68 Å². The number of hydrogen-bond donors (Lipinski definition) is 2. The number of aryl methyl sites for hydroxylation is 1. The van der Waals surface area contributed by atoms with Crippen LogP contribution in [0.15, 0.2) is 24.3 Å². The fourth-order valence-corrected chi connectivity index (χ4v) is 2.11.